The number of ether oxygens (including phenoxy) is 1. The lowest BCUT2D eigenvalue weighted by Gasteiger charge is -2.37. The van der Waals surface area contributed by atoms with Crippen LogP contribution in [0, 0.1) is 6.92 Å². The molecule has 0 amide bonds. The van der Waals surface area contributed by atoms with Gasteiger partial charge in [-0.2, -0.15) is 4.99 Å². The predicted octanol–water partition coefficient (Wildman–Crippen LogP) is 3.37. The van der Waals surface area contributed by atoms with Crippen molar-refractivity contribution in [3.63, 3.8) is 0 Å². The van der Waals surface area contributed by atoms with Gasteiger partial charge in [0.15, 0.2) is 0 Å². The van der Waals surface area contributed by atoms with Crippen LogP contribution in [0.15, 0.2) is 17.1 Å². The largest absolute Gasteiger partial charge is 0.496 e. The highest BCUT2D eigenvalue weighted by molar-refractivity contribution is 6.31. The summed E-state index contributed by atoms with van der Waals surface area (Å²) >= 11 is 6.25. The molecule has 0 heterocycles. The van der Waals surface area contributed by atoms with Crippen LogP contribution in [0.2, 0.25) is 5.02 Å². The molecule has 3 nitrogen and oxygen atoms in total. The summed E-state index contributed by atoms with van der Waals surface area (Å²) in [5, 5.41) is 0.641. The molecule has 17 heavy (non-hydrogen) atoms. The van der Waals surface area contributed by atoms with E-state index in [1.54, 1.807) is 13.2 Å². The molecule has 1 aliphatic rings. The number of benzene rings is 1. The SMILES string of the molecule is COc1cc(C2(N=C=O)CCC2)c(Cl)cc1C. The molecule has 1 fully saturated rings. The first-order valence-corrected chi connectivity index (χ1v) is 5.94. The minimum Gasteiger partial charge on any atom is -0.496 e. The Morgan fingerprint density at radius 3 is 2.65 bits per heavy atom. The van der Waals surface area contributed by atoms with Crippen LogP contribution in [0.1, 0.15) is 30.4 Å². The maximum atomic E-state index is 10.6. The molecule has 0 bridgehead atoms. The molecule has 0 atom stereocenters. The van der Waals surface area contributed by atoms with Crippen molar-refractivity contribution in [2.75, 3.05) is 7.11 Å². The lowest BCUT2D eigenvalue weighted by Crippen LogP contribution is -2.32. The third kappa shape index (κ3) is 1.97. The Balaban J connectivity index is 2.54. The van der Waals surface area contributed by atoms with Gasteiger partial charge in [0.25, 0.3) is 0 Å². The molecular formula is C13H14ClNO2. The number of isocyanates is 1. The molecule has 1 aromatic carbocycles. The minimum atomic E-state index is -0.472. The first-order valence-electron chi connectivity index (χ1n) is 5.56. The average Bonchev–Trinajstić information content (AvgIpc) is 2.24. The predicted molar refractivity (Wildman–Crippen MR) is 66.4 cm³/mol. The van der Waals surface area contributed by atoms with Crippen molar-refractivity contribution in [1.82, 2.24) is 0 Å². The van der Waals surface area contributed by atoms with E-state index in [-0.39, 0.29) is 0 Å². The molecule has 4 heteroatoms. The van der Waals surface area contributed by atoms with E-state index in [2.05, 4.69) is 4.99 Å². The lowest BCUT2D eigenvalue weighted by atomic mass is 9.72. The normalized spacial score (nSPS) is 16.9. The maximum Gasteiger partial charge on any atom is 0.235 e. The van der Waals surface area contributed by atoms with Crippen LogP contribution in [-0.4, -0.2) is 13.2 Å². The quantitative estimate of drug-likeness (QED) is 0.610. The maximum absolute atomic E-state index is 10.6. The fourth-order valence-corrected chi connectivity index (χ4v) is 2.66. The minimum absolute atomic E-state index is 0.472. The van der Waals surface area contributed by atoms with Gasteiger partial charge in [-0.25, -0.2) is 4.79 Å². The number of hydrogen-bond acceptors (Lipinski definition) is 3. The van der Waals surface area contributed by atoms with Gasteiger partial charge in [-0.3, -0.25) is 0 Å². The third-order valence-electron chi connectivity index (χ3n) is 3.43. The number of carbonyl (C=O) groups excluding carboxylic acids is 1. The number of aryl methyl sites for hydroxylation is 1. The Bertz CT molecular complexity index is 488. The van der Waals surface area contributed by atoms with Crippen LogP contribution in [0.4, 0.5) is 0 Å². The van der Waals surface area contributed by atoms with Crippen LogP contribution < -0.4 is 4.74 Å². The second-order valence-corrected chi connectivity index (χ2v) is 4.80. The zero-order chi connectivity index (χ0) is 12.5. The van der Waals surface area contributed by atoms with Crippen molar-refractivity contribution in [2.45, 2.75) is 31.7 Å². The molecule has 0 unspecified atom stereocenters. The van der Waals surface area contributed by atoms with Crippen LogP contribution in [0.5, 0.6) is 5.75 Å². The Hall–Kier alpha value is -1.31. The number of rotatable bonds is 3. The molecule has 0 N–H and O–H groups in total. The summed E-state index contributed by atoms with van der Waals surface area (Å²) in [4.78, 5) is 14.5. The summed E-state index contributed by atoms with van der Waals surface area (Å²) in [6.07, 6.45) is 4.40. The molecule has 2 rings (SSSR count). The van der Waals surface area contributed by atoms with Gasteiger partial charge in [-0.1, -0.05) is 11.6 Å². The number of methoxy groups -OCH3 is 1. The van der Waals surface area contributed by atoms with E-state index >= 15 is 0 Å². The molecule has 1 aromatic rings. The van der Waals surface area contributed by atoms with E-state index in [0.29, 0.717) is 5.02 Å². The van der Waals surface area contributed by atoms with Gasteiger partial charge in [0, 0.05) is 10.6 Å². The highest BCUT2D eigenvalue weighted by atomic mass is 35.5. The Labute approximate surface area is 105 Å². The number of halogens is 1. The van der Waals surface area contributed by atoms with E-state index in [4.69, 9.17) is 16.3 Å². The topological polar surface area (TPSA) is 38.7 Å². The van der Waals surface area contributed by atoms with Gasteiger partial charge in [0.05, 0.1) is 12.6 Å². The van der Waals surface area contributed by atoms with E-state index in [9.17, 15) is 4.79 Å². The molecule has 0 aliphatic heterocycles. The molecular weight excluding hydrogens is 238 g/mol. The highest BCUT2D eigenvalue weighted by Gasteiger charge is 2.40. The molecule has 0 aromatic heterocycles. The van der Waals surface area contributed by atoms with Gasteiger partial charge in [-0.05, 0) is 43.9 Å². The highest BCUT2D eigenvalue weighted by Crippen LogP contribution is 2.48. The van der Waals surface area contributed by atoms with Crippen molar-refractivity contribution in [3.05, 3.63) is 28.3 Å². The monoisotopic (exact) mass is 251 g/mol. The molecule has 1 saturated carbocycles. The zero-order valence-electron chi connectivity index (χ0n) is 9.92. The number of nitrogens with zero attached hydrogens (tertiary/aromatic N) is 1. The molecule has 0 saturated heterocycles. The van der Waals surface area contributed by atoms with Crippen LogP contribution in [-0.2, 0) is 10.3 Å². The van der Waals surface area contributed by atoms with Crippen LogP contribution in [0.25, 0.3) is 0 Å². The Morgan fingerprint density at radius 1 is 1.47 bits per heavy atom. The smallest absolute Gasteiger partial charge is 0.235 e. The van der Waals surface area contributed by atoms with E-state index in [1.165, 1.54) is 0 Å². The first-order chi connectivity index (χ1) is 8.13. The van der Waals surface area contributed by atoms with Gasteiger partial charge in [0.1, 0.15) is 5.75 Å². The number of hydrogen-bond donors (Lipinski definition) is 0. The van der Waals surface area contributed by atoms with E-state index in [0.717, 1.165) is 36.1 Å². The summed E-state index contributed by atoms with van der Waals surface area (Å²) in [6, 6.07) is 3.74. The zero-order valence-corrected chi connectivity index (χ0v) is 10.7. The fraction of sp³-hybridized carbons (Fsp3) is 0.462. The van der Waals surface area contributed by atoms with Crippen molar-refractivity contribution >= 4 is 17.7 Å². The summed E-state index contributed by atoms with van der Waals surface area (Å²) < 4.78 is 5.28. The van der Waals surface area contributed by atoms with Gasteiger partial charge in [-0.15, -0.1) is 0 Å². The first kappa shape index (κ1) is 12.2. The molecule has 1 aliphatic carbocycles. The average molecular weight is 252 g/mol. The standard InChI is InChI=1S/C13H14ClNO2/c1-9-6-11(14)10(7-12(9)17-2)13(15-8-16)4-3-5-13/h6-7H,3-5H2,1-2H3. The van der Waals surface area contributed by atoms with Crippen molar-refractivity contribution in [3.8, 4) is 5.75 Å². The summed E-state index contributed by atoms with van der Waals surface area (Å²) in [6.45, 7) is 1.94. The second-order valence-electron chi connectivity index (χ2n) is 4.39. The van der Waals surface area contributed by atoms with Gasteiger partial charge < -0.3 is 4.74 Å². The molecule has 0 radical (unpaired) electrons. The van der Waals surface area contributed by atoms with Crippen molar-refractivity contribution < 1.29 is 9.53 Å². The second kappa shape index (κ2) is 4.52. The fourth-order valence-electron chi connectivity index (χ4n) is 2.27. The molecule has 90 valence electrons. The summed E-state index contributed by atoms with van der Waals surface area (Å²) in [7, 11) is 1.62. The van der Waals surface area contributed by atoms with Gasteiger partial charge in [0.2, 0.25) is 6.08 Å². The van der Waals surface area contributed by atoms with Crippen LogP contribution in [0.3, 0.4) is 0 Å². The molecule has 0 spiro atoms. The third-order valence-corrected chi connectivity index (χ3v) is 3.74. The number of aliphatic imine (C=N–C) groups is 1. The van der Waals surface area contributed by atoms with Crippen LogP contribution >= 0.6 is 11.6 Å². The summed E-state index contributed by atoms with van der Waals surface area (Å²) in [5.41, 5.74) is 1.38. The van der Waals surface area contributed by atoms with E-state index < -0.39 is 5.54 Å². The lowest BCUT2D eigenvalue weighted by molar-refractivity contribution is 0.255. The Morgan fingerprint density at radius 2 is 2.18 bits per heavy atom. The van der Waals surface area contributed by atoms with Crippen molar-refractivity contribution in [1.29, 1.82) is 0 Å². The summed E-state index contributed by atoms with van der Waals surface area (Å²) in [5.74, 6) is 0.775. The Kier molecular flexibility index (Phi) is 3.23. The van der Waals surface area contributed by atoms with Gasteiger partial charge >= 0.3 is 0 Å². The van der Waals surface area contributed by atoms with Crippen molar-refractivity contribution in [2.24, 2.45) is 4.99 Å². The van der Waals surface area contributed by atoms with E-state index in [1.807, 2.05) is 19.1 Å².